The molecule has 0 aliphatic carbocycles. The topological polar surface area (TPSA) is 7.12 Å². The zero-order valence-electron chi connectivity index (χ0n) is 14.7. The number of hydrogen-bond donors (Lipinski definition) is 0. The zero-order valence-corrected chi connectivity index (χ0v) is 16.9. The Morgan fingerprint density at radius 1 is 0.885 bits per heavy atom. The van der Waals surface area contributed by atoms with Gasteiger partial charge in [-0.05, 0) is 36.3 Å². The van der Waals surface area contributed by atoms with Crippen LogP contribution in [-0.2, 0) is 0 Å². The molecule has 2 aromatic carbocycles. The van der Waals surface area contributed by atoms with Crippen LogP contribution < -0.4 is 33.4 Å². The molecular formula is C23H21IN2. The molecule has 0 saturated heterocycles. The van der Waals surface area contributed by atoms with Crippen molar-refractivity contribution in [1.82, 2.24) is 0 Å². The number of anilines is 1. The van der Waals surface area contributed by atoms with Gasteiger partial charge in [0.1, 0.15) is 0 Å². The van der Waals surface area contributed by atoms with Gasteiger partial charge in [0, 0.05) is 48.3 Å². The van der Waals surface area contributed by atoms with Crippen molar-refractivity contribution < 1.29 is 28.5 Å². The predicted molar refractivity (Wildman–Crippen MR) is 104 cm³/mol. The molecule has 0 radical (unpaired) electrons. The summed E-state index contributed by atoms with van der Waals surface area (Å²) in [6.07, 6.45) is 10.8. The van der Waals surface area contributed by atoms with E-state index >= 15 is 0 Å². The number of rotatable bonds is 3. The molecule has 26 heavy (non-hydrogen) atoms. The van der Waals surface area contributed by atoms with Crippen molar-refractivity contribution >= 4 is 17.3 Å². The summed E-state index contributed by atoms with van der Waals surface area (Å²) in [6, 6.07) is 23.3. The molecule has 3 aromatic rings. The average Bonchev–Trinajstić information content (AvgIpc) is 2.69. The number of aromatic nitrogens is 1. The van der Waals surface area contributed by atoms with Gasteiger partial charge in [-0.1, -0.05) is 36.4 Å². The summed E-state index contributed by atoms with van der Waals surface area (Å²) in [5, 5.41) is 0. The van der Waals surface area contributed by atoms with Crippen molar-refractivity contribution in [1.29, 1.82) is 0 Å². The second-order valence-electron chi connectivity index (χ2n) is 6.09. The molecule has 2 heterocycles. The SMILES string of the molecule is CCN1C=CC(=Cc2cc[n+](-c3ccccc3)cc2)c2ccccc21.[I-]. The Kier molecular flexibility index (Phi) is 5.89. The summed E-state index contributed by atoms with van der Waals surface area (Å²) in [6.45, 7) is 3.15. The van der Waals surface area contributed by atoms with E-state index < -0.39 is 0 Å². The first-order valence-corrected chi connectivity index (χ1v) is 8.68. The number of para-hydroxylation sites is 2. The summed E-state index contributed by atoms with van der Waals surface area (Å²) in [7, 11) is 0. The summed E-state index contributed by atoms with van der Waals surface area (Å²) in [4.78, 5) is 2.28. The highest BCUT2D eigenvalue weighted by molar-refractivity contribution is 5.94. The van der Waals surface area contributed by atoms with Gasteiger partial charge < -0.3 is 28.9 Å². The van der Waals surface area contributed by atoms with E-state index in [1.807, 2.05) is 6.07 Å². The zero-order chi connectivity index (χ0) is 17.1. The molecule has 130 valence electrons. The van der Waals surface area contributed by atoms with Gasteiger partial charge in [0.2, 0.25) is 5.69 Å². The normalized spacial score (nSPS) is 14.0. The number of pyridine rings is 1. The molecule has 1 aliphatic heterocycles. The van der Waals surface area contributed by atoms with Crippen LogP contribution in [-0.4, -0.2) is 6.54 Å². The molecule has 1 aromatic heterocycles. The lowest BCUT2D eigenvalue weighted by atomic mass is 9.98. The van der Waals surface area contributed by atoms with E-state index in [4.69, 9.17) is 0 Å². The van der Waals surface area contributed by atoms with Crippen LogP contribution in [0.4, 0.5) is 5.69 Å². The van der Waals surface area contributed by atoms with Crippen LogP contribution >= 0.6 is 0 Å². The van der Waals surface area contributed by atoms with Crippen LogP contribution in [0, 0.1) is 0 Å². The monoisotopic (exact) mass is 452 g/mol. The van der Waals surface area contributed by atoms with Crippen molar-refractivity contribution in [2.75, 3.05) is 11.4 Å². The van der Waals surface area contributed by atoms with E-state index in [0.717, 1.165) is 6.54 Å². The van der Waals surface area contributed by atoms with E-state index in [1.54, 1.807) is 0 Å². The van der Waals surface area contributed by atoms with Gasteiger partial charge in [-0.25, -0.2) is 0 Å². The minimum absolute atomic E-state index is 0. The van der Waals surface area contributed by atoms with Gasteiger partial charge in [-0.15, -0.1) is 0 Å². The third-order valence-corrected chi connectivity index (χ3v) is 4.53. The highest BCUT2D eigenvalue weighted by Crippen LogP contribution is 2.33. The molecule has 4 rings (SSSR count). The molecule has 0 amide bonds. The molecule has 0 unspecified atom stereocenters. The summed E-state index contributed by atoms with van der Waals surface area (Å²) < 4.78 is 2.13. The van der Waals surface area contributed by atoms with Crippen molar-refractivity contribution in [2.24, 2.45) is 0 Å². The Morgan fingerprint density at radius 2 is 1.58 bits per heavy atom. The first-order valence-electron chi connectivity index (χ1n) is 8.68. The summed E-state index contributed by atoms with van der Waals surface area (Å²) in [5.41, 5.74) is 6.17. The van der Waals surface area contributed by atoms with E-state index in [0.29, 0.717) is 0 Å². The van der Waals surface area contributed by atoms with E-state index in [-0.39, 0.29) is 24.0 Å². The lowest BCUT2D eigenvalue weighted by Crippen LogP contribution is -3.00. The average molecular weight is 452 g/mol. The number of hydrogen-bond acceptors (Lipinski definition) is 1. The summed E-state index contributed by atoms with van der Waals surface area (Å²) in [5.74, 6) is 0. The fourth-order valence-corrected chi connectivity index (χ4v) is 3.20. The minimum atomic E-state index is 0. The molecule has 0 fully saturated rings. The molecule has 3 heteroatoms. The fourth-order valence-electron chi connectivity index (χ4n) is 3.20. The van der Waals surface area contributed by atoms with Crippen LogP contribution in [0.2, 0.25) is 0 Å². The number of allylic oxidation sites excluding steroid dienone is 2. The fraction of sp³-hybridized carbons (Fsp3) is 0.0870. The van der Waals surface area contributed by atoms with Crippen molar-refractivity contribution in [3.63, 3.8) is 0 Å². The molecular weight excluding hydrogens is 431 g/mol. The second-order valence-corrected chi connectivity index (χ2v) is 6.09. The molecule has 0 saturated carbocycles. The Hall–Kier alpha value is -2.40. The molecule has 0 atom stereocenters. The molecule has 1 aliphatic rings. The maximum atomic E-state index is 2.28. The van der Waals surface area contributed by atoms with Crippen LogP contribution in [0.1, 0.15) is 18.1 Å². The smallest absolute Gasteiger partial charge is 0.210 e. The molecule has 0 N–H and O–H groups in total. The van der Waals surface area contributed by atoms with E-state index in [2.05, 4.69) is 108 Å². The van der Waals surface area contributed by atoms with E-state index in [9.17, 15) is 0 Å². The molecule has 2 nitrogen and oxygen atoms in total. The minimum Gasteiger partial charge on any atom is -1.00 e. The third-order valence-electron chi connectivity index (χ3n) is 4.53. The number of fused-ring (bicyclic) bond motifs is 1. The first-order chi connectivity index (χ1) is 12.3. The number of benzene rings is 2. The second kappa shape index (κ2) is 8.32. The molecule has 0 spiro atoms. The lowest BCUT2D eigenvalue weighted by molar-refractivity contribution is -0.595. The number of nitrogens with zero attached hydrogens (tertiary/aromatic N) is 2. The van der Waals surface area contributed by atoms with Gasteiger partial charge >= 0.3 is 0 Å². The standard InChI is InChI=1S/C23H21N2.HI/c1-2-24-17-14-20(22-10-6-7-11-23(22)24)18-19-12-15-25(16-13-19)21-8-4-3-5-9-21;/h3-18H,2H2,1H3;1H/q+1;/p-1. The van der Waals surface area contributed by atoms with Crippen LogP contribution in [0.25, 0.3) is 17.3 Å². The largest absolute Gasteiger partial charge is 1.00 e. The van der Waals surface area contributed by atoms with Crippen LogP contribution in [0.3, 0.4) is 0 Å². The predicted octanol–water partition coefficient (Wildman–Crippen LogP) is 1.86. The van der Waals surface area contributed by atoms with Gasteiger partial charge in [0.25, 0.3) is 0 Å². The molecule has 0 bridgehead atoms. The quantitative estimate of drug-likeness (QED) is 0.435. The van der Waals surface area contributed by atoms with Gasteiger partial charge in [-0.3, -0.25) is 0 Å². The van der Waals surface area contributed by atoms with Gasteiger partial charge in [0.15, 0.2) is 12.4 Å². The highest BCUT2D eigenvalue weighted by Gasteiger charge is 2.14. The van der Waals surface area contributed by atoms with Crippen molar-refractivity contribution in [3.8, 4) is 5.69 Å². The first kappa shape index (κ1) is 18.4. The Balaban J connectivity index is 0.00000196. The van der Waals surface area contributed by atoms with E-state index in [1.165, 1.54) is 28.1 Å². The van der Waals surface area contributed by atoms with Crippen molar-refractivity contribution in [3.05, 3.63) is 103 Å². The highest BCUT2D eigenvalue weighted by atomic mass is 127. The maximum absolute atomic E-state index is 2.28. The van der Waals surface area contributed by atoms with Gasteiger partial charge in [-0.2, -0.15) is 4.57 Å². The Morgan fingerprint density at radius 3 is 2.31 bits per heavy atom. The third kappa shape index (κ3) is 3.73. The van der Waals surface area contributed by atoms with Gasteiger partial charge in [0.05, 0.1) is 0 Å². The Labute approximate surface area is 172 Å². The summed E-state index contributed by atoms with van der Waals surface area (Å²) >= 11 is 0. The Bertz CT molecular complexity index is 928. The lowest BCUT2D eigenvalue weighted by Gasteiger charge is -2.26. The van der Waals surface area contributed by atoms with Crippen LogP contribution in [0.15, 0.2) is 91.4 Å². The number of halogens is 1. The maximum Gasteiger partial charge on any atom is 0.210 e. The van der Waals surface area contributed by atoms with Crippen molar-refractivity contribution in [2.45, 2.75) is 6.92 Å². The van der Waals surface area contributed by atoms with Crippen LogP contribution in [0.5, 0.6) is 0 Å².